The lowest BCUT2D eigenvalue weighted by atomic mass is 9.73. The van der Waals surface area contributed by atoms with Crippen molar-refractivity contribution in [1.29, 1.82) is 0 Å². The number of hydrogen-bond donors (Lipinski definition) is 3. The van der Waals surface area contributed by atoms with E-state index in [9.17, 15) is 20.1 Å². The molecule has 1 aliphatic rings. The molecule has 0 amide bonds. The molecule has 5 nitrogen and oxygen atoms in total. The molecule has 0 aromatic heterocycles. The fourth-order valence-corrected chi connectivity index (χ4v) is 3.77. The minimum absolute atomic E-state index is 0.0214. The topological polar surface area (TPSA) is 87.0 Å². The van der Waals surface area contributed by atoms with E-state index in [1.165, 1.54) is 0 Å². The normalized spacial score (nSPS) is 19.1. The van der Waals surface area contributed by atoms with Crippen LogP contribution >= 0.6 is 0 Å². The van der Waals surface area contributed by atoms with Gasteiger partial charge in [-0.3, -0.25) is 4.79 Å². The molecule has 0 aliphatic heterocycles. The van der Waals surface area contributed by atoms with Gasteiger partial charge in [0.1, 0.15) is 12.2 Å². The molecule has 1 atom stereocenters. The maximum absolute atomic E-state index is 12.4. The quantitative estimate of drug-likeness (QED) is 0.638. The van der Waals surface area contributed by atoms with Gasteiger partial charge in [0, 0.05) is 5.41 Å². The van der Waals surface area contributed by atoms with E-state index in [1.54, 1.807) is 6.92 Å². The van der Waals surface area contributed by atoms with Gasteiger partial charge < -0.3 is 20.1 Å². The predicted octanol–water partition coefficient (Wildman–Crippen LogP) is 2.34. The fraction of sp³-hybridized carbons (Fsp3) is 0.435. The molecule has 0 radical (unpaired) electrons. The van der Waals surface area contributed by atoms with Gasteiger partial charge >= 0.3 is 5.97 Å². The third-order valence-electron chi connectivity index (χ3n) is 5.59. The van der Waals surface area contributed by atoms with Gasteiger partial charge in [0.2, 0.25) is 0 Å². The first-order chi connectivity index (χ1) is 13.4. The van der Waals surface area contributed by atoms with Gasteiger partial charge in [-0.15, -0.1) is 0 Å². The minimum atomic E-state index is -1.13. The molecule has 2 aromatic carbocycles. The number of carbonyl (C=O) groups is 1. The van der Waals surface area contributed by atoms with Gasteiger partial charge in [-0.1, -0.05) is 55.5 Å². The van der Waals surface area contributed by atoms with E-state index in [0.717, 1.165) is 35.1 Å². The Hall–Kier alpha value is -2.21. The molecule has 3 N–H and O–H groups in total. The maximum atomic E-state index is 12.4. The SMILES string of the molecule is CC(CO)(CO)COC(=O)Cc1ccccc1C1(O)CCCc2ccccc21. The Bertz CT molecular complexity index is 827. The molecule has 0 heterocycles. The third-order valence-corrected chi connectivity index (χ3v) is 5.59. The van der Waals surface area contributed by atoms with Crippen molar-refractivity contribution >= 4 is 5.97 Å². The lowest BCUT2D eigenvalue weighted by Crippen LogP contribution is -2.34. The molecule has 150 valence electrons. The zero-order valence-corrected chi connectivity index (χ0v) is 16.2. The molecule has 3 rings (SSSR count). The van der Waals surface area contributed by atoms with Crippen LogP contribution in [0.15, 0.2) is 48.5 Å². The smallest absolute Gasteiger partial charge is 0.310 e. The van der Waals surface area contributed by atoms with Gasteiger partial charge in [0.25, 0.3) is 0 Å². The standard InChI is InChI=1S/C23H28O5/c1-22(14-24,15-25)16-28-21(26)13-18-8-3-5-11-20(18)23(27)12-6-9-17-7-2-4-10-19(17)23/h2-5,7-8,10-11,24-25,27H,6,9,12-16H2,1H3. The summed E-state index contributed by atoms with van der Waals surface area (Å²) < 4.78 is 5.30. The third kappa shape index (κ3) is 4.12. The van der Waals surface area contributed by atoms with Crippen LogP contribution in [0.4, 0.5) is 0 Å². The maximum Gasteiger partial charge on any atom is 0.310 e. The summed E-state index contributed by atoms with van der Waals surface area (Å²) in [6, 6.07) is 15.3. The van der Waals surface area contributed by atoms with Crippen LogP contribution in [0.25, 0.3) is 0 Å². The summed E-state index contributed by atoms with van der Waals surface area (Å²) in [4.78, 5) is 12.4. The first-order valence-corrected chi connectivity index (χ1v) is 9.68. The highest BCUT2D eigenvalue weighted by Crippen LogP contribution is 2.41. The van der Waals surface area contributed by atoms with E-state index in [-0.39, 0.29) is 26.2 Å². The van der Waals surface area contributed by atoms with Crippen LogP contribution in [0.1, 0.15) is 42.0 Å². The number of fused-ring (bicyclic) bond motifs is 1. The van der Waals surface area contributed by atoms with Crippen molar-refractivity contribution < 1.29 is 24.9 Å². The summed E-state index contributed by atoms with van der Waals surface area (Å²) >= 11 is 0. The highest BCUT2D eigenvalue weighted by atomic mass is 16.5. The second-order valence-corrected chi connectivity index (χ2v) is 7.99. The summed E-state index contributed by atoms with van der Waals surface area (Å²) in [5, 5.41) is 30.3. The molecule has 0 spiro atoms. The van der Waals surface area contributed by atoms with E-state index < -0.39 is 17.0 Å². The van der Waals surface area contributed by atoms with Crippen molar-refractivity contribution in [2.75, 3.05) is 19.8 Å². The van der Waals surface area contributed by atoms with E-state index in [1.807, 2.05) is 48.5 Å². The van der Waals surface area contributed by atoms with E-state index >= 15 is 0 Å². The number of carbonyl (C=O) groups excluding carboxylic acids is 1. The molecular formula is C23H28O5. The van der Waals surface area contributed by atoms with Crippen molar-refractivity contribution in [2.45, 2.75) is 38.2 Å². The Kier molecular flexibility index (Phi) is 6.18. The van der Waals surface area contributed by atoms with Crippen molar-refractivity contribution in [1.82, 2.24) is 0 Å². The highest BCUT2D eigenvalue weighted by molar-refractivity contribution is 5.73. The number of aliphatic hydroxyl groups is 3. The number of aryl methyl sites for hydroxylation is 1. The summed E-state index contributed by atoms with van der Waals surface area (Å²) in [6.07, 6.45) is 2.43. The fourth-order valence-electron chi connectivity index (χ4n) is 3.77. The molecule has 0 bridgehead atoms. The first kappa shape index (κ1) is 20.5. The van der Waals surface area contributed by atoms with Gasteiger partial charge in [-0.25, -0.2) is 0 Å². The second-order valence-electron chi connectivity index (χ2n) is 7.99. The van der Waals surface area contributed by atoms with Gasteiger partial charge in [-0.2, -0.15) is 0 Å². The average Bonchev–Trinajstić information content (AvgIpc) is 2.73. The average molecular weight is 384 g/mol. The predicted molar refractivity (Wildman–Crippen MR) is 106 cm³/mol. The molecule has 1 aliphatic carbocycles. The number of aliphatic hydroxyl groups excluding tert-OH is 2. The monoisotopic (exact) mass is 384 g/mol. The van der Waals surface area contributed by atoms with Gasteiger partial charge in [0.05, 0.1) is 19.6 Å². The van der Waals surface area contributed by atoms with Gasteiger partial charge in [0.15, 0.2) is 0 Å². The Morgan fingerprint density at radius 2 is 1.71 bits per heavy atom. The van der Waals surface area contributed by atoms with Crippen molar-refractivity contribution in [3.05, 3.63) is 70.8 Å². The minimum Gasteiger partial charge on any atom is -0.465 e. The molecular weight excluding hydrogens is 356 g/mol. The summed E-state index contributed by atoms with van der Waals surface area (Å²) in [5.41, 5.74) is 1.49. The Morgan fingerprint density at radius 3 is 2.43 bits per heavy atom. The molecule has 5 heteroatoms. The van der Waals surface area contributed by atoms with Crippen LogP contribution in [-0.4, -0.2) is 41.1 Å². The van der Waals surface area contributed by atoms with Crippen LogP contribution in [0.5, 0.6) is 0 Å². The zero-order valence-electron chi connectivity index (χ0n) is 16.2. The molecule has 1 unspecified atom stereocenters. The molecule has 28 heavy (non-hydrogen) atoms. The van der Waals surface area contributed by atoms with Gasteiger partial charge in [-0.05, 0) is 41.5 Å². The Morgan fingerprint density at radius 1 is 1.07 bits per heavy atom. The number of esters is 1. The lowest BCUT2D eigenvalue weighted by Gasteiger charge is -2.36. The first-order valence-electron chi connectivity index (χ1n) is 9.68. The second kappa shape index (κ2) is 8.43. The van der Waals surface area contributed by atoms with E-state index in [4.69, 9.17) is 4.74 Å². The number of hydrogen-bond acceptors (Lipinski definition) is 5. The van der Waals surface area contributed by atoms with Crippen LogP contribution in [0.2, 0.25) is 0 Å². The van der Waals surface area contributed by atoms with Crippen LogP contribution in [0, 0.1) is 5.41 Å². The van der Waals surface area contributed by atoms with Crippen LogP contribution in [0.3, 0.4) is 0 Å². The molecule has 2 aromatic rings. The highest BCUT2D eigenvalue weighted by Gasteiger charge is 2.37. The lowest BCUT2D eigenvalue weighted by molar-refractivity contribution is -0.148. The summed E-state index contributed by atoms with van der Waals surface area (Å²) in [5.74, 6) is -0.451. The molecule has 0 saturated carbocycles. The number of rotatable bonds is 7. The summed E-state index contributed by atoms with van der Waals surface area (Å²) in [7, 11) is 0. The van der Waals surface area contributed by atoms with E-state index in [2.05, 4.69) is 0 Å². The van der Waals surface area contributed by atoms with Crippen molar-refractivity contribution in [2.24, 2.45) is 5.41 Å². The molecule has 0 saturated heterocycles. The molecule has 0 fully saturated rings. The van der Waals surface area contributed by atoms with Crippen LogP contribution < -0.4 is 0 Å². The van der Waals surface area contributed by atoms with Crippen LogP contribution in [-0.2, 0) is 28.0 Å². The largest absolute Gasteiger partial charge is 0.465 e. The van der Waals surface area contributed by atoms with E-state index in [0.29, 0.717) is 6.42 Å². The number of ether oxygens (including phenoxy) is 1. The Labute approximate surface area is 165 Å². The van der Waals surface area contributed by atoms with Crippen molar-refractivity contribution in [3.8, 4) is 0 Å². The summed E-state index contributed by atoms with van der Waals surface area (Å²) in [6.45, 7) is 1.04. The zero-order chi connectivity index (χ0) is 20.2. The van der Waals surface area contributed by atoms with Crippen molar-refractivity contribution in [3.63, 3.8) is 0 Å². The Balaban J connectivity index is 1.84. The number of benzene rings is 2.